The van der Waals surface area contributed by atoms with Crippen LogP contribution in [0.4, 0.5) is 0 Å². The highest BCUT2D eigenvalue weighted by Gasteiger charge is 2.18. The van der Waals surface area contributed by atoms with E-state index in [4.69, 9.17) is 9.47 Å². The topological polar surface area (TPSA) is 81.7 Å². The fraction of sp³-hybridized carbons (Fsp3) is 0.250. The SMILES string of the molecule is CNC(=O)C(Cc1ccc(OCC(=O)c2cccc(OC)c2)cc1)SC=O. The molecule has 2 aromatic carbocycles. The minimum atomic E-state index is -0.478. The van der Waals surface area contributed by atoms with Crippen molar-refractivity contribution in [1.29, 1.82) is 0 Å². The number of rotatable bonds is 10. The smallest absolute Gasteiger partial charge is 0.233 e. The first-order valence-electron chi connectivity index (χ1n) is 8.27. The number of carbonyl (C=O) groups excluding carboxylic acids is 3. The monoisotopic (exact) mass is 387 g/mol. The summed E-state index contributed by atoms with van der Waals surface area (Å²) in [5.41, 5.74) is 2.08. The molecule has 2 rings (SSSR count). The Hall–Kier alpha value is -2.80. The second-order valence-electron chi connectivity index (χ2n) is 5.63. The Kier molecular flexibility index (Phi) is 7.88. The van der Waals surface area contributed by atoms with Gasteiger partial charge in [-0.25, -0.2) is 0 Å². The van der Waals surface area contributed by atoms with Gasteiger partial charge in [-0.2, -0.15) is 0 Å². The number of hydrogen-bond donors (Lipinski definition) is 1. The van der Waals surface area contributed by atoms with E-state index in [2.05, 4.69) is 5.32 Å². The zero-order valence-corrected chi connectivity index (χ0v) is 16.0. The highest BCUT2D eigenvalue weighted by atomic mass is 32.2. The maximum Gasteiger partial charge on any atom is 0.233 e. The summed E-state index contributed by atoms with van der Waals surface area (Å²) in [5, 5.41) is 2.07. The van der Waals surface area contributed by atoms with Crippen LogP contribution in [0.3, 0.4) is 0 Å². The molecule has 1 amide bonds. The predicted molar refractivity (Wildman–Crippen MR) is 105 cm³/mol. The molecule has 0 aromatic heterocycles. The molecule has 0 saturated heterocycles. The van der Waals surface area contributed by atoms with Crippen molar-refractivity contribution < 1.29 is 23.9 Å². The molecular weight excluding hydrogens is 366 g/mol. The van der Waals surface area contributed by atoms with Gasteiger partial charge in [0.05, 0.1) is 12.4 Å². The minimum Gasteiger partial charge on any atom is -0.497 e. The number of methoxy groups -OCH3 is 1. The second kappa shape index (κ2) is 10.4. The van der Waals surface area contributed by atoms with E-state index in [1.165, 1.54) is 7.05 Å². The minimum absolute atomic E-state index is 0.0889. The lowest BCUT2D eigenvalue weighted by Crippen LogP contribution is -2.31. The van der Waals surface area contributed by atoms with Crippen LogP contribution in [-0.2, 0) is 16.0 Å². The molecule has 2 aromatic rings. The molecule has 0 aliphatic rings. The van der Waals surface area contributed by atoms with Gasteiger partial charge in [0.2, 0.25) is 5.91 Å². The van der Waals surface area contributed by atoms with Crippen LogP contribution in [0.5, 0.6) is 11.5 Å². The summed E-state index contributed by atoms with van der Waals surface area (Å²) in [7, 11) is 3.08. The van der Waals surface area contributed by atoms with Crippen LogP contribution >= 0.6 is 11.8 Å². The van der Waals surface area contributed by atoms with Crippen LogP contribution < -0.4 is 14.8 Å². The molecule has 27 heavy (non-hydrogen) atoms. The Bertz CT molecular complexity index is 791. The summed E-state index contributed by atoms with van der Waals surface area (Å²) in [6, 6.07) is 14.0. The number of benzene rings is 2. The molecule has 1 atom stereocenters. The molecule has 7 heteroatoms. The zero-order valence-electron chi connectivity index (χ0n) is 15.1. The molecule has 0 radical (unpaired) electrons. The number of thioether (sulfide) groups is 1. The molecule has 1 N–H and O–H groups in total. The number of ether oxygens (including phenoxy) is 2. The summed E-state index contributed by atoms with van der Waals surface area (Å²) in [5.74, 6) is 0.815. The number of nitrogens with one attached hydrogen (secondary N) is 1. The fourth-order valence-corrected chi connectivity index (χ4v) is 3.06. The predicted octanol–water partition coefficient (Wildman–Crippen LogP) is 2.54. The van der Waals surface area contributed by atoms with Gasteiger partial charge in [-0.15, -0.1) is 0 Å². The molecule has 6 nitrogen and oxygen atoms in total. The van der Waals surface area contributed by atoms with Crippen LogP contribution in [-0.4, -0.2) is 43.3 Å². The Morgan fingerprint density at radius 1 is 1.15 bits per heavy atom. The van der Waals surface area contributed by atoms with Gasteiger partial charge in [0.15, 0.2) is 18.0 Å². The largest absolute Gasteiger partial charge is 0.497 e. The first-order chi connectivity index (χ1) is 13.1. The van der Waals surface area contributed by atoms with Crippen LogP contribution in [0.25, 0.3) is 0 Å². The van der Waals surface area contributed by atoms with Gasteiger partial charge < -0.3 is 14.8 Å². The lowest BCUT2D eigenvalue weighted by molar-refractivity contribution is -0.120. The third-order valence-corrected chi connectivity index (χ3v) is 4.69. The van der Waals surface area contributed by atoms with Crippen molar-refractivity contribution in [1.82, 2.24) is 5.32 Å². The van der Waals surface area contributed by atoms with Gasteiger partial charge in [0, 0.05) is 12.6 Å². The van der Waals surface area contributed by atoms with E-state index in [1.807, 2.05) is 12.1 Å². The van der Waals surface area contributed by atoms with Gasteiger partial charge in [-0.05, 0) is 36.2 Å². The number of hydrogen-bond acceptors (Lipinski definition) is 6. The number of ketones is 1. The van der Waals surface area contributed by atoms with Gasteiger partial charge in [-0.3, -0.25) is 14.4 Å². The molecule has 0 fully saturated rings. The maximum absolute atomic E-state index is 12.2. The van der Waals surface area contributed by atoms with E-state index in [-0.39, 0.29) is 18.3 Å². The van der Waals surface area contributed by atoms with Crippen LogP contribution in [0.2, 0.25) is 0 Å². The zero-order chi connectivity index (χ0) is 19.6. The summed E-state index contributed by atoms with van der Waals surface area (Å²) in [6.07, 6.45) is 0.423. The van der Waals surface area contributed by atoms with E-state index in [1.54, 1.807) is 43.5 Å². The first-order valence-corrected chi connectivity index (χ1v) is 9.21. The Morgan fingerprint density at radius 2 is 1.89 bits per heavy atom. The van der Waals surface area contributed by atoms with Gasteiger partial charge >= 0.3 is 0 Å². The van der Waals surface area contributed by atoms with Crippen LogP contribution in [0.1, 0.15) is 15.9 Å². The third-order valence-electron chi connectivity index (χ3n) is 3.86. The Labute approximate surface area is 162 Å². The molecule has 0 aliphatic heterocycles. The summed E-state index contributed by atoms with van der Waals surface area (Å²) >= 11 is 0.944. The summed E-state index contributed by atoms with van der Waals surface area (Å²) < 4.78 is 10.7. The highest BCUT2D eigenvalue weighted by molar-refractivity contribution is 8.13. The van der Waals surface area contributed by atoms with Crippen molar-refractivity contribution in [3.8, 4) is 11.5 Å². The van der Waals surface area contributed by atoms with Gasteiger partial charge in [0.25, 0.3) is 0 Å². The number of Topliss-reactive ketones (excluding diaryl/α,β-unsaturated/α-hetero) is 1. The van der Waals surface area contributed by atoms with Crippen LogP contribution in [0.15, 0.2) is 48.5 Å². The van der Waals surface area contributed by atoms with Crippen LogP contribution in [0, 0.1) is 0 Å². The lowest BCUT2D eigenvalue weighted by Gasteiger charge is -2.12. The standard InChI is InChI=1S/C20H21NO5S/c1-21-20(24)19(27-13-22)10-14-6-8-16(9-7-14)26-12-18(23)15-4-3-5-17(11-15)25-2/h3-9,11,13,19H,10,12H2,1-2H3,(H,21,24). The third kappa shape index (κ3) is 6.14. The molecule has 0 saturated carbocycles. The van der Waals surface area contributed by atoms with Crippen molar-refractivity contribution in [2.45, 2.75) is 11.7 Å². The van der Waals surface area contributed by atoms with Crippen molar-refractivity contribution in [3.05, 3.63) is 59.7 Å². The normalized spacial score (nSPS) is 11.3. The van der Waals surface area contributed by atoms with E-state index in [0.717, 1.165) is 17.3 Å². The van der Waals surface area contributed by atoms with Gasteiger partial charge in [-0.1, -0.05) is 36.0 Å². The first kappa shape index (κ1) is 20.5. The fourth-order valence-electron chi connectivity index (χ4n) is 2.40. The molecule has 1 unspecified atom stereocenters. The highest BCUT2D eigenvalue weighted by Crippen LogP contribution is 2.19. The van der Waals surface area contributed by atoms with Crippen molar-refractivity contribution in [2.24, 2.45) is 0 Å². The quantitative estimate of drug-likeness (QED) is 0.498. The lowest BCUT2D eigenvalue weighted by atomic mass is 10.1. The second-order valence-corrected chi connectivity index (χ2v) is 6.66. The molecule has 0 aliphatic carbocycles. The molecule has 0 heterocycles. The Balaban J connectivity index is 1.93. The van der Waals surface area contributed by atoms with Crippen molar-refractivity contribution in [3.63, 3.8) is 0 Å². The van der Waals surface area contributed by atoms with E-state index in [9.17, 15) is 14.4 Å². The number of amides is 1. The van der Waals surface area contributed by atoms with E-state index < -0.39 is 5.25 Å². The Morgan fingerprint density at radius 3 is 2.52 bits per heavy atom. The molecule has 142 valence electrons. The van der Waals surface area contributed by atoms with Crippen molar-refractivity contribution in [2.75, 3.05) is 20.8 Å². The number of carbonyl (C=O) groups is 3. The van der Waals surface area contributed by atoms with Crippen molar-refractivity contribution >= 4 is 29.1 Å². The summed E-state index contributed by atoms with van der Waals surface area (Å²) in [4.78, 5) is 34.7. The molecule has 0 bridgehead atoms. The molecule has 0 spiro atoms. The summed E-state index contributed by atoms with van der Waals surface area (Å²) in [6.45, 7) is -0.0889. The van der Waals surface area contributed by atoms with E-state index in [0.29, 0.717) is 29.1 Å². The maximum atomic E-state index is 12.2. The van der Waals surface area contributed by atoms with E-state index >= 15 is 0 Å². The average molecular weight is 387 g/mol. The average Bonchev–Trinajstić information content (AvgIpc) is 2.72. The molecular formula is C20H21NO5S. The van der Waals surface area contributed by atoms with Gasteiger partial charge in [0.1, 0.15) is 11.5 Å².